The lowest BCUT2D eigenvalue weighted by molar-refractivity contribution is -0.137. The maximum absolute atomic E-state index is 13.7. The topological polar surface area (TPSA) is 55.2 Å². The van der Waals surface area contributed by atoms with Gasteiger partial charge in [-0.15, -0.1) is 0 Å². The van der Waals surface area contributed by atoms with Gasteiger partial charge >= 0.3 is 0 Å². The average Bonchev–Trinajstić information content (AvgIpc) is 3.33. The first kappa shape index (κ1) is 22.3. The molecule has 1 amide bonds. The second-order valence-electron chi connectivity index (χ2n) is 9.11. The molecule has 5 heteroatoms. The Hall–Kier alpha value is -2.95. The standard InChI is InChI=1S/C27H33N3O2/c1-5-16-29(26(31)21-10-6-7-11-21)20(4)25-28-23-13-9-8-12-22(23)27(32)30(25)24-17-18(2)14-15-19(24)3/h8-9,12-15,17,20-21H,5-7,10-11,16H2,1-4H3. The Morgan fingerprint density at radius 3 is 2.59 bits per heavy atom. The van der Waals surface area contributed by atoms with Gasteiger partial charge < -0.3 is 4.90 Å². The number of hydrogen-bond donors (Lipinski definition) is 0. The minimum absolute atomic E-state index is 0.0871. The highest BCUT2D eigenvalue weighted by Gasteiger charge is 2.32. The molecule has 5 nitrogen and oxygen atoms in total. The first-order chi connectivity index (χ1) is 15.4. The molecule has 1 aliphatic carbocycles. The second kappa shape index (κ2) is 9.27. The van der Waals surface area contributed by atoms with Crippen LogP contribution in [0.3, 0.4) is 0 Å². The zero-order valence-electron chi connectivity index (χ0n) is 19.6. The number of benzene rings is 2. The smallest absolute Gasteiger partial charge is 0.266 e. The average molecular weight is 432 g/mol. The molecule has 1 unspecified atom stereocenters. The fourth-order valence-corrected chi connectivity index (χ4v) is 4.91. The zero-order valence-corrected chi connectivity index (χ0v) is 19.6. The molecule has 1 saturated carbocycles. The van der Waals surface area contributed by atoms with Crippen molar-refractivity contribution in [1.29, 1.82) is 0 Å². The van der Waals surface area contributed by atoms with Crippen LogP contribution in [0.1, 0.15) is 68.9 Å². The fourth-order valence-electron chi connectivity index (χ4n) is 4.91. The molecule has 1 fully saturated rings. The third-order valence-corrected chi connectivity index (χ3v) is 6.70. The van der Waals surface area contributed by atoms with Gasteiger partial charge in [-0.25, -0.2) is 4.98 Å². The van der Waals surface area contributed by atoms with Crippen molar-refractivity contribution in [2.24, 2.45) is 5.92 Å². The molecule has 168 valence electrons. The molecule has 32 heavy (non-hydrogen) atoms. The van der Waals surface area contributed by atoms with Crippen molar-refractivity contribution in [3.63, 3.8) is 0 Å². The molecule has 0 aliphatic heterocycles. The Bertz CT molecular complexity index is 1190. The van der Waals surface area contributed by atoms with Crippen molar-refractivity contribution in [3.05, 3.63) is 69.8 Å². The number of para-hydroxylation sites is 1. The lowest BCUT2D eigenvalue weighted by Crippen LogP contribution is -2.40. The van der Waals surface area contributed by atoms with Crippen molar-refractivity contribution in [2.45, 2.75) is 65.8 Å². The van der Waals surface area contributed by atoms with Gasteiger partial charge in [0, 0.05) is 12.5 Å². The van der Waals surface area contributed by atoms with Crippen LogP contribution in [0.2, 0.25) is 0 Å². The second-order valence-corrected chi connectivity index (χ2v) is 9.11. The Morgan fingerprint density at radius 2 is 1.88 bits per heavy atom. The number of carbonyl (C=O) groups is 1. The highest BCUT2D eigenvalue weighted by atomic mass is 16.2. The van der Waals surface area contributed by atoms with Gasteiger partial charge in [0.25, 0.3) is 5.56 Å². The third kappa shape index (κ3) is 4.08. The van der Waals surface area contributed by atoms with Crippen LogP contribution < -0.4 is 5.56 Å². The van der Waals surface area contributed by atoms with E-state index in [4.69, 9.17) is 4.98 Å². The summed E-state index contributed by atoms with van der Waals surface area (Å²) < 4.78 is 1.74. The van der Waals surface area contributed by atoms with E-state index in [9.17, 15) is 9.59 Å². The van der Waals surface area contributed by atoms with Crippen LogP contribution in [0.25, 0.3) is 16.6 Å². The van der Waals surface area contributed by atoms with Gasteiger partial charge in [-0.3, -0.25) is 14.2 Å². The summed E-state index contributed by atoms with van der Waals surface area (Å²) >= 11 is 0. The van der Waals surface area contributed by atoms with Crippen LogP contribution in [0.4, 0.5) is 0 Å². The summed E-state index contributed by atoms with van der Waals surface area (Å²) in [5.41, 5.74) is 3.51. The Morgan fingerprint density at radius 1 is 1.16 bits per heavy atom. The van der Waals surface area contributed by atoms with Crippen LogP contribution in [0.15, 0.2) is 47.3 Å². The lowest BCUT2D eigenvalue weighted by Gasteiger charge is -2.32. The molecular weight excluding hydrogens is 398 g/mol. The number of carbonyl (C=O) groups excluding carboxylic acids is 1. The van der Waals surface area contributed by atoms with E-state index in [1.54, 1.807) is 4.57 Å². The van der Waals surface area contributed by atoms with E-state index in [1.807, 2.05) is 62.1 Å². The number of aromatic nitrogens is 2. The van der Waals surface area contributed by atoms with Crippen molar-refractivity contribution in [3.8, 4) is 5.69 Å². The quantitative estimate of drug-likeness (QED) is 0.518. The summed E-state index contributed by atoms with van der Waals surface area (Å²) in [5.74, 6) is 0.916. The van der Waals surface area contributed by atoms with Gasteiger partial charge in [0.15, 0.2) is 0 Å². The zero-order chi connectivity index (χ0) is 22.8. The third-order valence-electron chi connectivity index (χ3n) is 6.70. The largest absolute Gasteiger partial charge is 0.333 e. The van der Waals surface area contributed by atoms with E-state index in [1.165, 1.54) is 0 Å². The van der Waals surface area contributed by atoms with Crippen molar-refractivity contribution >= 4 is 16.8 Å². The Balaban J connectivity index is 1.92. The molecule has 0 N–H and O–H groups in total. The first-order valence-electron chi connectivity index (χ1n) is 11.8. The van der Waals surface area contributed by atoms with Crippen LogP contribution in [-0.2, 0) is 4.79 Å². The molecule has 0 bridgehead atoms. The minimum Gasteiger partial charge on any atom is -0.333 e. The molecular formula is C27H33N3O2. The summed E-state index contributed by atoms with van der Waals surface area (Å²) in [6.07, 6.45) is 5.02. The van der Waals surface area contributed by atoms with Gasteiger partial charge in [0.2, 0.25) is 5.91 Å². The first-order valence-corrected chi connectivity index (χ1v) is 11.8. The maximum atomic E-state index is 13.7. The van der Waals surface area contributed by atoms with Crippen molar-refractivity contribution in [1.82, 2.24) is 14.5 Å². The number of amides is 1. The summed E-state index contributed by atoms with van der Waals surface area (Å²) in [7, 11) is 0. The molecule has 1 aromatic heterocycles. The predicted molar refractivity (Wildman–Crippen MR) is 129 cm³/mol. The molecule has 3 aromatic rings. The normalized spacial score (nSPS) is 15.2. The molecule has 1 atom stereocenters. The van der Waals surface area contributed by atoms with Gasteiger partial charge in [0.05, 0.1) is 22.6 Å². The van der Waals surface area contributed by atoms with E-state index >= 15 is 0 Å². The van der Waals surface area contributed by atoms with Crippen molar-refractivity contribution < 1.29 is 4.79 Å². The monoisotopic (exact) mass is 431 g/mol. The summed E-state index contributed by atoms with van der Waals surface area (Å²) in [6, 6.07) is 13.3. The van der Waals surface area contributed by atoms with Gasteiger partial charge in [-0.1, -0.05) is 44.0 Å². The summed E-state index contributed by atoms with van der Waals surface area (Å²) in [6.45, 7) is 8.80. The van der Waals surface area contributed by atoms with Gasteiger partial charge in [-0.05, 0) is 69.4 Å². The maximum Gasteiger partial charge on any atom is 0.266 e. The van der Waals surface area contributed by atoms with Crippen LogP contribution in [0.5, 0.6) is 0 Å². The lowest BCUT2D eigenvalue weighted by atomic mass is 10.0. The molecule has 1 heterocycles. The van der Waals surface area contributed by atoms with Crippen molar-refractivity contribution in [2.75, 3.05) is 6.54 Å². The van der Waals surface area contributed by atoms with E-state index in [0.717, 1.165) is 48.9 Å². The van der Waals surface area contributed by atoms with Crippen LogP contribution >= 0.6 is 0 Å². The van der Waals surface area contributed by atoms with E-state index < -0.39 is 0 Å². The summed E-state index contributed by atoms with van der Waals surface area (Å²) in [4.78, 5) is 34.1. The Kier molecular flexibility index (Phi) is 6.45. The predicted octanol–water partition coefficient (Wildman–Crippen LogP) is 5.49. The molecule has 0 spiro atoms. The number of fused-ring (bicyclic) bond motifs is 1. The number of rotatable bonds is 6. The molecule has 4 rings (SSSR count). The van der Waals surface area contributed by atoms with Crippen LogP contribution in [0, 0.1) is 19.8 Å². The fraction of sp³-hybridized carbons (Fsp3) is 0.444. The van der Waals surface area contributed by atoms with Gasteiger partial charge in [-0.2, -0.15) is 0 Å². The molecule has 0 saturated heterocycles. The Labute approximate surface area is 190 Å². The SMILES string of the molecule is CCCN(C(=O)C1CCCC1)C(C)c1nc2ccccc2c(=O)n1-c1cc(C)ccc1C. The minimum atomic E-state index is -0.305. The molecule has 0 radical (unpaired) electrons. The molecule has 1 aliphatic rings. The highest BCUT2D eigenvalue weighted by Crippen LogP contribution is 2.31. The number of hydrogen-bond acceptors (Lipinski definition) is 3. The number of nitrogens with zero attached hydrogens (tertiary/aromatic N) is 3. The van der Waals surface area contributed by atoms with E-state index in [0.29, 0.717) is 23.3 Å². The van der Waals surface area contributed by atoms with E-state index in [2.05, 4.69) is 13.0 Å². The van der Waals surface area contributed by atoms with E-state index in [-0.39, 0.29) is 23.4 Å². The van der Waals surface area contributed by atoms with Crippen LogP contribution in [-0.4, -0.2) is 26.9 Å². The summed E-state index contributed by atoms with van der Waals surface area (Å²) in [5, 5.41) is 0.591. The number of aryl methyl sites for hydroxylation is 2. The molecule has 2 aromatic carbocycles. The highest BCUT2D eigenvalue weighted by molar-refractivity contribution is 5.80. The van der Waals surface area contributed by atoms with Gasteiger partial charge in [0.1, 0.15) is 5.82 Å².